The molecule has 0 saturated carbocycles. The van der Waals surface area contributed by atoms with Crippen LogP contribution >= 0.6 is 7.60 Å². The van der Waals surface area contributed by atoms with Crippen molar-refractivity contribution < 1.29 is 85.6 Å². The van der Waals surface area contributed by atoms with Crippen LogP contribution in [0.5, 0.6) is 0 Å². The van der Waals surface area contributed by atoms with E-state index in [1.807, 2.05) is 0 Å². The zero-order valence-corrected chi connectivity index (χ0v) is 36.7. The molecule has 0 rings (SSSR count). The first kappa shape index (κ1) is 59.0. The Balaban J connectivity index is 4.94. The van der Waals surface area contributed by atoms with Crippen molar-refractivity contribution in [3.63, 3.8) is 0 Å². The van der Waals surface area contributed by atoms with Crippen molar-refractivity contribution in [2.75, 3.05) is 145 Å². The van der Waals surface area contributed by atoms with E-state index in [4.69, 9.17) is 55.4 Å². The monoisotopic (exact) mass is 922 g/mol. The highest BCUT2D eigenvalue weighted by Crippen LogP contribution is 2.40. The van der Waals surface area contributed by atoms with Gasteiger partial charge in [0.1, 0.15) is 12.1 Å². The van der Waals surface area contributed by atoms with Gasteiger partial charge in [0.25, 0.3) is 0 Å². The lowest BCUT2D eigenvalue weighted by molar-refractivity contribution is -0.131. The van der Waals surface area contributed by atoms with Gasteiger partial charge in [-0.3, -0.25) is 28.5 Å². The molecule has 5 amide bonds. The smallest absolute Gasteiger partial charge is 0.327 e. The quantitative estimate of drug-likeness (QED) is 0.0161. The molecule has 364 valence electrons. The zero-order chi connectivity index (χ0) is 45.9. The number of ether oxygens (including phenoxy) is 7. The Hall–Kier alpha value is -3.02. The minimum Gasteiger partial charge on any atom is -0.379 e. The summed E-state index contributed by atoms with van der Waals surface area (Å²) in [6, 6.07) is -2.24. The van der Waals surface area contributed by atoms with E-state index in [0.29, 0.717) is 13.2 Å². The molecule has 27 heteroatoms. The van der Waals surface area contributed by atoms with Crippen LogP contribution in [0.25, 0.3) is 0 Å². The van der Waals surface area contributed by atoms with E-state index in [1.165, 1.54) is 0 Å². The van der Waals surface area contributed by atoms with Crippen molar-refractivity contribution in [2.24, 2.45) is 17.7 Å². The maximum atomic E-state index is 13.1. The number of rotatable bonds is 45. The molecule has 0 heterocycles. The second-order valence-electron chi connectivity index (χ2n) is 12.7. The third-order valence-corrected chi connectivity index (χ3v) is 9.22. The molecular formula is C35H71N8O18P. The van der Waals surface area contributed by atoms with E-state index >= 15 is 0 Å². The molecule has 0 aliphatic rings. The fraction of sp³-hybridized carbons (Fsp3) is 0.857. The summed E-state index contributed by atoms with van der Waals surface area (Å²) in [7, 11) is -3.53. The van der Waals surface area contributed by atoms with E-state index in [2.05, 4.69) is 41.1 Å². The van der Waals surface area contributed by atoms with Crippen molar-refractivity contribution in [3.8, 4) is 0 Å². The largest absolute Gasteiger partial charge is 0.379 e. The highest BCUT2D eigenvalue weighted by molar-refractivity contribution is 7.52. The fourth-order valence-electron chi connectivity index (χ4n) is 4.60. The maximum Gasteiger partial charge on any atom is 0.327 e. The second kappa shape index (κ2) is 42.0. The zero-order valence-electron chi connectivity index (χ0n) is 35.8. The molecule has 62 heavy (non-hydrogen) atoms. The van der Waals surface area contributed by atoms with Crippen LogP contribution in [-0.4, -0.2) is 191 Å². The molecule has 0 aliphatic heterocycles. The predicted molar refractivity (Wildman–Crippen MR) is 218 cm³/mol. The molecule has 12 N–H and O–H groups in total. The van der Waals surface area contributed by atoms with Crippen LogP contribution in [0.4, 0.5) is 0 Å². The first-order valence-corrected chi connectivity index (χ1v) is 22.1. The summed E-state index contributed by atoms with van der Waals surface area (Å²) >= 11 is 0. The van der Waals surface area contributed by atoms with E-state index in [0.717, 1.165) is 0 Å². The lowest BCUT2D eigenvalue weighted by Gasteiger charge is -2.21. The van der Waals surface area contributed by atoms with Gasteiger partial charge < -0.3 is 83.7 Å². The molecular weight excluding hydrogens is 851 g/mol. The van der Waals surface area contributed by atoms with Crippen LogP contribution in [0.15, 0.2) is 0 Å². The van der Waals surface area contributed by atoms with Crippen LogP contribution in [0.1, 0.15) is 39.0 Å². The van der Waals surface area contributed by atoms with Gasteiger partial charge in [-0.15, -0.1) is 0 Å². The molecule has 0 aromatic rings. The molecule has 0 spiro atoms. The number of nitrogens with one attached hydrogen (secondary N) is 5. The Labute approximate surface area is 362 Å². The van der Waals surface area contributed by atoms with E-state index < -0.39 is 43.3 Å². The molecule has 0 saturated heterocycles. The lowest BCUT2D eigenvalue weighted by Crippen LogP contribution is -2.50. The first-order valence-electron chi connectivity index (χ1n) is 20.4. The molecule has 3 atom stereocenters. The molecule has 26 nitrogen and oxygen atoms in total. The summed E-state index contributed by atoms with van der Waals surface area (Å²) in [5.41, 5.74) is 0. The number of nitrogens with two attached hydrogens (primary N) is 3. The van der Waals surface area contributed by atoms with Crippen LogP contribution in [0.3, 0.4) is 0 Å². The summed E-state index contributed by atoms with van der Waals surface area (Å²) in [5, 5.41) is 13.2. The summed E-state index contributed by atoms with van der Waals surface area (Å²) in [6.07, 6.45) is -0.613. The fourth-order valence-corrected chi connectivity index (χ4v) is 5.14. The van der Waals surface area contributed by atoms with Gasteiger partial charge in [0.05, 0.1) is 119 Å². The molecule has 0 aliphatic carbocycles. The van der Waals surface area contributed by atoms with Crippen molar-refractivity contribution in [1.82, 2.24) is 26.6 Å². The van der Waals surface area contributed by atoms with Gasteiger partial charge in [-0.05, 0) is 12.8 Å². The Morgan fingerprint density at radius 3 is 1.23 bits per heavy atom. The Kier molecular flexibility index (Phi) is 39.9. The Bertz CT molecular complexity index is 1220. The summed E-state index contributed by atoms with van der Waals surface area (Å²) in [5.74, 6) is 12.3. The lowest BCUT2D eigenvalue weighted by atomic mass is 10.1. The van der Waals surface area contributed by atoms with E-state index in [1.54, 1.807) is 6.92 Å². The minimum absolute atomic E-state index is 0.0102. The maximum absolute atomic E-state index is 13.1. The van der Waals surface area contributed by atoms with Gasteiger partial charge in [0.15, 0.2) is 0 Å². The van der Waals surface area contributed by atoms with Gasteiger partial charge in [-0.2, -0.15) is 0 Å². The normalized spacial score (nSPS) is 13.2. The molecule has 0 bridgehead atoms. The Morgan fingerprint density at radius 1 is 0.468 bits per heavy atom. The third-order valence-electron chi connectivity index (χ3n) is 7.83. The van der Waals surface area contributed by atoms with Crippen molar-refractivity contribution in [1.29, 1.82) is 0 Å². The third kappa shape index (κ3) is 37.5. The average molecular weight is 923 g/mol. The van der Waals surface area contributed by atoms with Gasteiger partial charge in [-0.1, -0.05) is 6.92 Å². The highest BCUT2D eigenvalue weighted by Gasteiger charge is 2.25. The average Bonchev–Trinajstić information content (AvgIpc) is 3.25. The van der Waals surface area contributed by atoms with Crippen molar-refractivity contribution in [2.45, 2.75) is 51.1 Å². The van der Waals surface area contributed by atoms with Gasteiger partial charge in [0, 0.05) is 45.1 Å². The predicted octanol–water partition coefficient (Wildman–Crippen LogP) is -3.74. The SMILES string of the molecule is CCP(=O)(O)OCCOCCOCCOCCOCCC(=O)NC(CCC(=O)NC(CCC(=O)NCCOCCON)C(=O)NCCOCCON)C(=O)NCCOCCON. The summed E-state index contributed by atoms with van der Waals surface area (Å²) < 4.78 is 53.6. The van der Waals surface area contributed by atoms with Gasteiger partial charge >= 0.3 is 7.60 Å². The van der Waals surface area contributed by atoms with E-state index in [-0.39, 0.29) is 170 Å². The number of hydrogen-bond donors (Lipinski definition) is 9. The summed E-state index contributed by atoms with van der Waals surface area (Å²) in [4.78, 5) is 87.2. The Morgan fingerprint density at radius 2 is 0.806 bits per heavy atom. The molecule has 0 fully saturated rings. The molecule has 0 aromatic carbocycles. The highest BCUT2D eigenvalue weighted by atomic mass is 31.2. The number of carbonyl (C=O) groups is 5. The molecule has 0 aromatic heterocycles. The minimum atomic E-state index is -3.53. The van der Waals surface area contributed by atoms with Crippen LogP contribution < -0.4 is 44.3 Å². The van der Waals surface area contributed by atoms with Gasteiger partial charge in [-0.25, -0.2) is 17.7 Å². The summed E-state index contributed by atoms with van der Waals surface area (Å²) in [6.45, 7) is 5.38. The molecule has 3 unspecified atom stereocenters. The first-order chi connectivity index (χ1) is 30.0. The topological polar surface area (TPSA) is 362 Å². The van der Waals surface area contributed by atoms with Crippen LogP contribution in [0.2, 0.25) is 0 Å². The van der Waals surface area contributed by atoms with Crippen molar-refractivity contribution in [3.05, 3.63) is 0 Å². The second-order valence-corrected chi connectivity index (χ2v) is 14.9. The van der Waals surface area contributed by atoms with Gasteiger partial charge in [0.2, 0.25) is 29.5 Å². The van der Waals surface area contributed by atoms with E-state index in [9.17, 15) is 33.4 Å². The van der Waals surface area contributed by atoms with Crippen LogP contribution in [-0.2, 0) is 80.7 Å². The number of carbonyl (C=O) groups excluding carboxylic acids is 5. The standard InChI is InChI=1S/C35H71N8O18P/c1-2-62(49,50)61-28-24-57-20-19-56-18-17-55-16-15-51-11-7-33(46)43-30(35(48)41-10-14-54-23-27-60-38)4-6-32(45)42-29(34(47)40-9-13-53-22-26-59-37)3-5-31(44)39-8-12-52-21-25-58-36/h29-30H,2-28,36-38H2,1H3,(H,39,44)(H,40,47)(H,41,48)(H,42,45)(H,43,46)(H,49,50). The number of amides is 5. The van der Waals surface area contributed by atoms with Crippen molar-refractivity contribution >= 4 is 37.1 Å². The number of hydrogen-bond acceptors (Lipinski definition) is 20. The molecule has 0 radical (unpaired) electrons. The van der Waals surface area contributed by atoms with Crippen LogP contribution in [0, 0.1) is 0 Å².